The summed E-state index contributed by atoms with van der Waals surface area (Å²) >= 11 is 0. The molecule has 2 rings (SSSR count). The van der Waals surface area contributed by atoms with E-state index in [0.717, 1.165) is 0 Å². The highest BCUT2D eigenvalue weighted by Crippen LogP contribution is 2.31. The summed E-state index contributed by atoms with van der Waals surface area (Å²) in [6, 6.07) is 4.77. The summed E-state index contributed by atoms with van der Waals surface area (Å²) in [7, 11) is 0. The Bertz CT molecular complexity index is 624. The number of imide groups is 1. The van der Waals surface area contributed by atoms with Crippen molar-refractivity contribution in [3.05, 3.63) is 29.3 Å². The molecule has 0 saturated heterocycles. The molecule has 1 aliphatic rings. The first-order valence-electron chi connectivity index (χ1n) is 6.42. The lowest BCUT2D eigenvalue weighted by atomic mass is 10.1. The lowest BCUT2D eigenvalue weighted by Crippen LogP contribution is -2.35. The monoisotopic (exact) mass is 309 g/mol. The number of ether oxygens (including phenoxy) is 3. The zero-order valence-corrected chi connectivity index (χ0v) is 12.0. The average molecular weight is 309 g/mol. The summed E-state index contributed by atoms with van der Waals surface area (Å²) in [5, 5.41) is 9.79. The molecule has 2 N–H and O–H groups in total. The number of carbonyl (C=O) groups excluding carboxylic acids is 2. The predicted molar refractivity (Wildman–Crippen MR) is 72.8 cm³/mol. The number of fused-ring (bicyclic) bond motifs is 1. The molecule has 0 saturated carbocycles. The van der Waals surface area contributed by atoms with Gasteiger partial charge in [0.2, 0.25) is 5.79 Å². The Hall–Kier alpha value is -2.61. The van der Waals surface area contributed by atoms with Gasteiger partial charge in [0.25, 0.3) is 0 Å². The van der Waals surface area contributed by atoms with Gasteiger partial charge >= 0.3 is 12.2 Å². The Morgan fingerprint density at radius 3 is 2.77 bits per heavy atom. The minimum Gasteiger partial charge on any atom is -0.465 e. The van der Waals surface area contributed by atoms with Crippen LogP contribution in [0.3, 0.4) is 0 Å². The standard InChI is InChI=1S/C14H15NO7/c1-14(2)21-6-9-5-8(3-4-11(9)22-14)10(16)7-20-13(19)15-12(17)18/h3-5H,6-7H2,1-2H3,(H,15,19)(H,17,18). The number of Topliss-reactive ketones (excluding diaryl/α,β-unsaturated/α-hetero) is 1. The van der Waals surface area contributed by atoms with Gasteiger partial charge in [-0.25, -0.2) is 14.9 Å². The van der Waals surface area contributed by atoms with Gasteiger partial charge in [0, 0.05) is 25.0 Å². The second kappa shape index (κ2) is 6.02. The quantitative estimate of drug-likeness (QED) is 0.820. The first-order valence-corrected chi connectivity index (χ1v) is 6.42. The summed E-state index contributed by atoms with van der Waals surface area (Å²) in [4.78, 5) is 33.1. The van der Waals surface area contributed by atoms with Crippen molar-refractivity contribution in [1.82, 2.24) is 5.32 Å². The van der Waals surface area contributed by atoms with Gasteiger partial charge in [0.05, 0.1) is 6.61 Å². The van der Waals surface area contributed by atoms with Gasteiger partial charge in [0.15, 0.2) is 12.4 Å². The Morgan fingerprint density at radius 1 is 1.36 bits per heavy atom. The molecule has 1 aliphatic heterocycles. The highest BCUT2D eigenvalue weighted by molar-refractivity contribution is 5.98. The average Bonchev–Trinajstić information content (AvgIpc) is 2.42. The molecule has 0 aromatic heterocycles. The largest absolute Gasteiger partial charge is 0.465 e. The van der Waals surface area contributed by atoms with Crippen molar-refractivity contribution in [1.29, 1.82) is 0 Å². The summed E-state index contributed by atoms with van der Waals surface area (Å²) in [6.45, 7) is 3.29. The van der Waals surface area contributed by atoms with Crippen molar-refractivity contribution < 1.29 is 33.7 Å². The second-order valence-electron chi connectivity index (χ2n) is 5.04. The zero-order chi connectivity index (χ0) is 16.3. The number of rotatable bonds is 3. The third-order valence-electron chi connectivity index (χ3n) is 2.86. The van der Waals surface area contributed by atoms with Crippen LogP contribution in [0.2, 0.25) is 0 Å². The van der Waals surface area contributed by atoms with Crippen LogP contribution in [0.4, 0.5) is 9.59 Å². The van der Waals surface area contributed by atoms with Crippen LogP contribution >= 0.6 is 0 Å². The van der Waals surface area contributed by atoms with E-state index in [-0.39, 0.29) is 0 Å². The third-order valence-corrected chi connectivity index (χ3v) is 2.86. The van der Waals surface area contributed by atoms with Crippen LogP contribution < -0.4 is 10.1 Å². The van der Waals surface area contributed by atoms with E-state index in [1.54, 1.807) is 32.0 Å². The SMILES string of the molecule is CC1(C)OCc2cc(C(=O)COC(=O)NC(=O)O)ccc2O1. The molecule has 0 bridgehead atoms. The predicted octanol–water partition coefficient (Wildman–Crippen LogP) is 1.92. The molecule has 8 nitrogen and oxygen atoms in total. The summed E-state index contributed by atoms with van der Waals surface area (Å²) < 4.78 is 15.6. The molecule has 118 valence electrons. The van der Waals surface area contributed by atoms with Gasteiger partial charge in [-0.2, -0.15) is 0 Å². The number of nitrogens with one attached hydrogen (secondary N) is 1. The van der Waals surface area contributed by atoms with Gasteiger partial charge in [0.1, 0.15) is 5.75 Å². The second-order valence-corrected chi connectivity index (χ2v) is 5.04. The number of hydrogen-bond donors (Lipinski definition) is 2. The molecule has 0 spiro atoms. The Morgan fingerprint density at radius 2 is 2.09 bits per heavy atom. The molecule has 1 aromatic rings. The topological polar surface area (TPSA) is 111 Å². The van der Waals surface area contributed by atoms with Crippen LogP contribution in [-0.2, 0) is 16.1 Å². The lowest BCUT2D eigenvalue weighted by Gasteiger charge is -2.32. The van der Waals surface area contributed by atoms with E-state index in [0.29, 0.717) is 23.5 Å². The molecule has 22 heavy (non-hydrogen) atoms. The van der Waals surface area contributed by atoms with E-state index in [4.69, 9.17) is 14.6 Å². The number of carbonyl (C=O) groups is 3. The first-order chi connectivity index (χ1) is 10.3. The molecule has 1 heterocycles. The van der Waals surface area contributed by atoms with Crippen LogP contribution in [0, 0.1) is 0 Å². The molecule has 2 amide bonds. The van der Waals surface area contributed by atoms with E-state index in [1.165, 1.54) is 5.32 Å². The number of ketones is 1. The van der Waals surface area contributed by atoms with Gasteiger partial charge in [-0.3, -0.25) is 4.79 Å². The summed E-state index contributed by atoms with van der Waals surface area (Å²) in [5.74, 6) is -0.568. The molecular weight excluding hydrogens is 294 g/mol. The van der Waals surface area contributed by atoms with Crippen molar-refractivity contribution >= 4 is 18.0 Å². The molecule has 0 radical (unpaired) electrons. The Kier molecular flexibility index (Phi) is 4.32. The summed E-state index contributed by atoms with van der Waals surface area (Å²) in [6.07, 6.45) is -2.75. The fourth-order valence-electron chi connectivity index (χ4n) is 1.85. The number of amides is 2. The van der Waals surface area contributed by atoms with E-state index in [1.807, 2.05) is 0 Å². The normalized spacial score (nSPS) is 15.2. The maximum Gasteiger partial charge on any atom is 0.417 e. The maximum absolute atomic E-state index is 11.9. The first kappa shape index (κ1) is 15.8. The van der Waals surface area contributed by atoms with Crippen LogP contribution in [0.1, 0.15) is 29.8 Å². The maximum atomic E-state index is 11.9. The minimum atomic E-state index is -1.55. The molecule has 0 fully saturated rings. The van der Waals surface area contributed by atoms with Crippen molar-refractivity contribution in [2.24, 2.45) is 0 Å². The van der Waals surface area contributed by atoms with E-state index in [9.17, 15) is 14.4 Å². The fraction of sp³-hybridized carbons (Fsp3) is 0.357. The molecule has 1 aromatic carbocycles. The number of carboxylic acid groups (broad SMARTS) is 1. The Labute approximate surface area is 126 Å². The van der Waals surface area contributed by atoms with Crippen molar-refractivity contribution in [3.8, 4) is 5.75 Å². The summed E-state index contributed by atoms with van der Waals surface area (Å²) in [5.41, 5.74) is 1.02. The molecule has 0 aliphatic carbocycles. The van der Waals surface area contributed by atoms with E-state index < -0.39 is 30.4 Å². The van der Waals surface area contributed by atoms with Gasteiger partial charge in [-0.1, -0.05) is 0 Å². The highest BCUT2D eigenvalue weighted by Gasteiger charge is 2.27. The van der Waals surface area contributed by atoms with Crippen LogP contribution in [0.25, 0.3) is 0 Å². The molecule has 0 atom stereocenters. The van der Waals surface area contributed by atoms with E-state index in [2.05, 4.69) is 4.74 Å². The van der Waals surface area contributed by atoms with Crippen molar-refractivity contribution in [3.63, 3.8) is 0 Å². The van der Waals surface area contributed by atoms with Crippen molar-refractivity contribution in [2.75, 3.05) is 6.61 Å². The smallest absolute Gasteiger partial charge is 0.417 e. The number of benzene rings is 1. The molecular formula is C14H15NO7. The van der Waals surface area contributed by atoms with Gasteiger partial charge in [-0.15, -0.1) is 0 Å². The van der Waals surface area contributed by atoms with Crippen LogP contribution in [0.15, 0.2) is 18.2 Å². The van der Waals surface area contributed by atoms with Crippen LogP contribution in [-0.4, -0.2) is 35.5 Å². The fourth-order valence-corrected chi connectivity index (χ4v) is 1.85. The minimum absolute atomic E-state index is 0.295. The van der Waals surface area contributed by atoms with Gasteiger partial charge in [-0.05, 0) is 18.2 Å². The zero-order valence-electron chi connectivity index (χ0n) is 12.0. The Balaban J connectivity index is 2.00. The number of alkyl carbamates (subject to hydrolysis) is 1. The lowest BCUT2D eigenvalue weighted by molar-refractivity contribution is -0.180. The van der Waals surface area contributed by atoms with Gasteiger partial charge < -0.3 is 19.3 Å². The van der Waals surface area contributed by atoms with Crippen molar-refractivity contribution in [2.45, 2.75) is 26.2 Å². The van der Waals surface area contributed by atoms with Crippen LogP contribution in [0.5, 0.6) is 5.75 Å². The number of hydrogen-bond acceptors (Lipinski definition) is 6. The highest BCUT2D eigenvalue weighted by atomic mass is 16.7. The third kappa shape index (κ3) is 3.95. The molecule has 0 unspecified atom stereocenters. The molecule has 8 heteroatoms. The van der Waals surface area contributed by atoms with E-state index >= 15 is 0 Å².